The topological polar surface area (TPSA) is 35.0 Å². The van der Waals surface area contributed by atoms with Crippen LogP contribution in [0.2, 0.25) is 0 Å². The second-order valence-corrected chi connectivity index (χ2v) is 4.12. The first-order valence-electron chi connectivity index (χ1n) is 4.89. The molecule has 0 saturated carbocycles. The van der Waals surface area contributed by atoms with Crippen molar-refractivity contribution in [1.82, 2.24) is 6.15 Å². The smallest absolute Gasteiger partial charge is 0.124 e. The minimum absolute atomic E-state index is 0. The Morgan fingerprint density at radius 3 is 2.20 bits per heavy atom. The fourth-order valence-electron chi connectivity index (χ4n) is 2.36. The van der Waals surface area contributed by atoms with Gasteiger partial charge in [-0.15, -0.1) is 0 Å². The van der Waals surface area contributed by atoms with Crippen LogP contribution in [-0.2, 0) is 0 Å². The zero-order valence-corrected chi connectivity index (χ0v) is 9.02. The molecule has 0 aromatic heterocycles. The first-order valence-corrected chi connectivity index (χ1v) is 4.89. The lowest BCUT2D eigenvalue weighted by Gasteiger charge is -1.98. The molecule has 3 N–H and O–H groups in total. The number of benzene rings is 1. The average Bonchev–Trinajstić information content (AvgIpc) is 2.53. The van der Waals surface area contributed by atoms with Crippen LogP contribution in [0.1, 0.15) is 25.8 Å². The van der Waals surface area contributed by atoms with Crippen LogP contribution in [0.4, 0.5) is 4.39 Å². The van der Waals surface area contributed by atoms with Crippen molar-refractivity contribution in [1.29, 1.82) is 0 Å². The third-order valence-electron chi connectivity index (χ3n) is 3.12. The number of allylic oxidation sites excluding steroid dienone is 4. The molecule has 2 heteroatoms. The molecule has 3 rings (SSSR count). The average molecular weight is 203 g/mol. The lowest BCUT2D eigenvalue weighted by molar-refractivity contribution is 0.632. The molecule has 78 valence electrons. The van der Waals surface area contributed by atoms with Crippen LogP contribution in [0.15, 0.2) is 29.4 Å². The van der Waals surface area contributed by atoms with E-state index in [9.17, 15) is 4.39 Å². The van der Waals surface area contributed by atoms with Gasteiger partial charge in [-0.3, -0.25) is 0 Å². The van der Waals surface area contributed by atoms with Crippen LogP contribution < -0.4 is 6.15 Å². The minimum Gasteiger partial charge on any atom is -0.344 e. The molecule has 0 spiro atoms. The minimum atomic E-state index is -0.100. The predicted molar refractivity (Wildman–Crippen MR) is 61.4 cm³/mol. The highest BCUT2D eigenvalue weighted by Crippen LogP contribution is 2.53. The standard InChI is InChI=1S/C13H11F.H3N/c1-7-3-4-8(2)12(7)13-10-5-9(14)6-11(10)13;/h3,5-6H,4H2,1-2H3;1H3. The van der Waals surface area contributed by atoms with E-state index in [1.165, 1.54) is 22.3 Å². The van der Waals surface area contributed by atoms with Crippen molar-refractivity contribution in [3.8, 4) is 11.1 Å². The Hall–Kier alpha value is -1.41. The van der Waals surface area contributed by atoms with Gasteiger partial charge < -0.3 is 6.15 Å². The molecule has 0 radical (unpaired) electrons. The zero-order chi connectivity index (χ0) is 9.87. The quantitative estimate of drug-likeness (QED) is 0.744. The van der Waals surface area contributed by atoms with E-state index in [0.29, 0.717) is 0 Å². The Kier molecular flexibility index (Phi) is 2.05. The van der Waals surface area contributed by atoms with Crippen molar-refractivity contribution in [2.75, 3.05) is 0 Å². The summed E-state index contributed by atoms with van der Waals surface area (Å²) >= 11 is 0. The molecule has 0 bridgehead atoms. The molecule has 15 heavy (non-hydrogen) atoms. The van der Waals surface area contributed by atoms with Crippen molar-refractivity contribution in [2.24, 2.45) is 0 Å². The van der Waals surface area contributed by atoms with Crippen LogP contribution in [0.3, 0.4) is 0 Å². The summed E-state index contributed by atoms with van der Waals surface area (Å²) in [6.07, 6.45) is 3.30. The first-order chi connectivity index (χ1) is 6.68. The van der Waals surface area contributed by atoms with Gasteiger partial charge in [0.05, 0.1) is 0 Å². The molecule has 0 aromatic carbocycles. The molecule has 3 aliphatic rings. The lowest BCUT2D eigenvalue weighted by atomic mass is 10.1. The molecular weight excluding hydrogens is 189 g/mol. The van der Waals surface area contributed by atoms with Crippen molar-refractivity contribution in [3.63, 3.8) is 0 Å². The van der Waals surface area contributed by atoms with E-state index in [-0.39, 0.29) is 12.0 Å². The molecule has 3 aliphatic carbocycles. The van der Waals surface area contributed by atoms with Gasteiger partial charge in [0, 0.05) is 0 Å². The summed E-state index contributed by atoms with van der Waals surface area (Å²) in [6, 6.07) is 3.27. The van der Waals surface area contributed by atoms with Crippen LogP contribution in [0.5, 0.6) is 0 Å². The third kappa shape index (κ3) is 1.25. The van der Waals surface area contributed by atoms with Gasteiger partial charge in [0.25, 0.3) is 0 Å². The van der Waals surface area contributed by atoms with Gasteiger partial charge in [0.2, 0.25) is 0 Å². The number of hydrogen-bond acceptors (Lipinski definition) is 1. The van der Waals surface area contributed by atoms with Gasteiger partial charge in [-0.1, -0.05) is 11.6 Å². The Bertz CT molecular complexity index is 486. The molecule has 0 fully saturated rings. The molecule has 0 aliphatic heterocycles. The van der Waals surface area contributed by atoms with E-state index in [0.717, 1.165) is 17.5 Å². The summed E-state index contributed by atoms with van der Waals surface area (Å²) in [7, 11) is 0. The maximum Gasteiger partial charge on any atom is 0.124 e. The van der Waals surface area contributed by atoms with E-state index in [1.54, 1.807) is 12.1 Å². The molecule has 0 aromatic rings. The number of halogens is 1. The summed E-state index contributed by atoms with van der Waals surface area (Å²) in [5.41, 5.74) is 7.63. The number of fused-ring (bicyclic) bond motifs is 1. The van der Waals surface area contributed by atoms with Crippen molar-refractivity contribution < 1.29 is 4.39 Å². The first kappa shape index (κ1) is 10.1. The summed E-state index contributed by atoms with van der Waals surface area (Å²) in [6.45, 7) is 4.29. The highest BCUT2D eigenvalue weighted by atomic mass is 19.1. The van der Waals surface area contributed by atoms with Crippen molar-refractivity contribution >= 4 is 5.57 Å². The van der Waals surface area contributed by atoms with Crippen LogP contribution in [-0.4, -0.2) is 0 Å². The van der Waals surface area contributed by atoms with E-state index in [2.05, 4.69) is 19.9 Å². The zero-order valence-electron chi connectivity index (χ0n) is 9.02. The highest BCUT2D eigenvalue weighted by Gasteiger charge is 2.31. The van der Waals surface area contributed by atoms with Crippen molar-refractivity contribution in [2.45, 2.75) is 20.3 Å². The van der Waals surface area contributed by atoms with Gasteiger partial charge in [-0.2, -0.15) is 0 Å². The monoisotopic (exact) mass is 203 g/mol. The van der Waals surface area contributed by atoms with E-state index in [1.807, 2.05) is 0 Å². The molecule has 1 nitrogen and oxygen atoms in total. The lowest BCUT2D eigenvalue weighted by Crippen LogP contribution is -1.77. The molecule has 0 amide bonds. The fourth-order valence-corrected chi connectivity index (χ4v) is 2.36. The summed E-state index contributed by atoms with van der Waals surface area (Å²) in [5.74, 6) is -0.100. The van der Waals surface area contributed by atoms with E-state index in [4.69, 9.17) is 0 Å². The fraction of sp³-hybridized carbons (Fsp3) is 0.231. The van der Waals surface area contributed by atoms with Crippen LogP contribution in [0.25, 0.3) is 16.7 Å². The molecule has 0 saturated heterocycles. The second kappa shape index (κ2) is 3.04. The molecule has 0 heterocycles. The Morgan fingerprint density at radius 2 is 1.73 bits per heavy atom. The van der Waals surface area contributed by atoms with Crippen LogP contribution in [0, 0.1) is 5.82 Å². The van der Waals surface area contributed by atoms with Gasteiger partial charge in [0.15, 0.2) is 0 Å². The van der Waals surface area contributed by atoms with E-state index >= 15 is 0 Å². The molecular formula is C13H14FN. The SMILES string of the molecule is CC1=CCC(C)=C1c1c2cc(F)cc1-2.N. The highest BCUT2D eigenvalue weighted by molar-refractivity contribution is 6.07. The Morgan fingerprint density at radius 1 is 1.13 bits per heavy atom. The van der Waals surface area contributed by atoms with Gasteiger partial charge >= 0.3 is 0 Å². The van der Waals surface area contributed by atoms with Gasteiger partial charge in [-0.25, -0.2) is 4.39 Å². The maximum atomic E-state index is 12.8. The largest absolute Gasteiger partial charge is 0.344 e. The van der Waals surface area contributed by atoms with Gasteiger partial charge in [0.1, 0.15) is 5.82 Å². The number of hydrogen-bond donors (Lipinski definition) is 1. The molecule has 0 atom stereocenters. The second-order valence-electron chi connectivity index (χ2n) is 4.12. The summed E-state index contributed by atoms with van der Waals surface area (Å²) in [4.78, 5) is 0. The Balaban J connectivity index is 0.000000853. The number of rotatable bonds is 1. The van der Waals surface area contributed by atoms with Crippen molar-refractivity contribution in [3.05, 3.63) is 40.7 Å². The normalized spacial score (nSPS) is 16.3. The van der Waals surface area contributed by atoms with Gasteiger partial charge in [-0.05, 0) is 60.2 Å². The van der Waals surface area contributed by atoms with E-state index < -0.39 is 0 Å². The molecule has 0 unspecified atom stereocenters. The van der Waals surface area contributed by atoms with Crippen LogP contribution >= 0.6 is 0 Å². The third-order valence-corrected chi connectivity index (χ3v) is 3.12. The summed E-state index contributed by atoms with van der Waals surface area (Å²) < 4.78 is 12.8. The predicted octanol–water partition coefficient (Wildman–Crippen LogP) is 4.09. The Labute approximate surface area is 88.9 Å². The summed E-state index contributed by atoms with van der Waals surface area (Å²) in [5, 5.41) is 0. The maximum absolute atomic E-state index is 12.8.